The number of carbonyl (C=O) groups is 5. The number of quaternary nitrogens is 1. The summed E-state index contributed by atoms with van der Waals surface area (Å²) in [6.07, 6.45) is -1.13. The number of amides is 3. The molecule has 0 aromatic carbocycles. The molecule has 0 spiro atoms. The number of hydrogen-bond acceptors (Lipinski definition) is 9. The van der Waals surface area contributed by atoms with Gasteiger partial charge in [0.05, 0.1) is 21.1 Å². The molecule has 222 valence electrons. The van der Waals surface area contributed by atoms with Gasteiger partial charge >= 0.3 is 18.0 Å². The minimum atomic E-state index is -1.15. The van der Waals surface area contributed by atoms with Crippen LogP contribution in [-0.4, -0.2) is 104 Å². The van der Waals surface area contributed by atoms with Crippen molar-refractivity contribution >= 4 is 42.5 Å². The Hall–Kier alpha value is -2.06. The summed E-state index contributed by atoms with van der Waals surface area (Å²) in [6, 6.07) is -2.17. The maximum Gasteiger partial charge on any atom is 0.408 e. The van der Waals surface area contributed by atoms with E-state index in [-0.39, 0.29) is 48.7 Å². The molecule has 2 unspecified atom stereocenters. The van der Waals surface area contributed by atoms with Crippen molar-refractivity contribution in [1.82, 2.24) is 16.0 Å². The number of rotatable bonds is 13. The summed E-state index contributed by atoms with van der Waals surface area (Å²) < 4.78 is 16.2. The first-order valence-corrected chi connectivity index (χ1v) is 12.7. The van der Waals surface area contributed by atoms with Crippen molar-refractivity contribution in [2.75, 3.05) is 46.6 Å². The van der Waals surface area contributed by atoms with Gasteiger partial charge in [-0.25, -0.2) is 9.59 Å². The molecule has 0 radical (unpaired) electrons. The summed E-state index contributed by atoms with van der Waals surface area (Å²) in [5, 5.41) is 7.36. The van der Waals surface area contributed by atoms with E-state index < -0.39 is 53.1 Å². The second-order valence-electron chi connectivity index (χ2n) is 11.5. The number of likely N-dealkylation sites (N-methyl/N-ethyl adjacent to an activating group) is 1. The summed E-state index contributed by atoms with van der Waals surface area (Å²) >= 11 is 4.09. The van der Waals surface area contributed by atoms with Crippen LogP contribution in [0.2, 0.25) is 0 Å². The fourth-order valence-electron chi connectivity index (χ4n) is 2.57. The molecule has 14 heteroatoms. The number of hydrogen-bond donors (Lipinski definition) is 4. The van der Waals surface area contributed by atoms with E-state index in [2.05, 4.69) is 28.6 Å². The third-order valence-electron chi connectivity index (χ3n) is 4.31. The predicted octanol–water partition coefficient (Wildman–Crippen LogP) is -2.21. The molecule has 0 aliphatic carbocycles. The topological polar surface area (TPSA) is 149 Å². The summed E-state index contributed by atoms with van der Waals surface area (Å²) in [5.41, 5.74) is -1.60. The van der Waals surface area contributed by atoms with Crippen molar-refractivity contribution in [3.63, 3.8) is 0 Å². The van der Waals surface area contributed by atoms with Crippen LogP contribution in [0.25, 0.3) is 0 Å². The van der Waals surface area contributed by atoms with Crippen molar-refractivity contribution in [2.24, 2.45) is 0 Å². The van der Waals surface area contributed by atoms with Crippen LogP contribution in [0, 0.1) is 0 Å². The third-order valence-corrected chi connectivity index (χ3v) is 4.67. The molecular formula is C24H45BrN4O8S. The maximum atomic E-state index is 12.6. The Bertz CT molecular complexity index is 807. The fourth-order valence-corrected chi connectivity index (χ4v) is 2.83. The van der Waals surface area contributed by atoms with Crippen LogP contribution in [0.3, 0.4) is 0 Å². The van der Waals surface area contributed by atoms with Gasteiger partial charge in [0, 0.05) is 12.2 Å². The van der Waals surface area contributed by atoms with Gasteiger partial charge in [0.1, 0.15) is 43.0 Å². The van der Waals surface area contributed by atoms with Crippen LogP contribution in [0.4, 0.5) is 4.79 Å². The molecule has 0 rings (SSSR count). The van der Waals surface area contributed by atoms with Crippen molar-refractivity contribution in [3.8, 4) is 0 Å². The molecular weight excluding hydrogens is 584 g/mol. The maximum absolute atomic E-state index is 12.6. The van der Waals surface area contributed by atoms with Gasteiger partial charge in [-0.05, 0) is 48.0 Å². The second-order valence-corrected chi connectivity index (χ2v) is 11.9. The quantitative estimate of drug-likeness (QED) is 0.0776. The van der Waals surface area contributed by atoms with Crippen molar-refractivity contribution < 1.29 is 59.6 Å². The number of ether oxygens (including phenoxy) is 3. The van der Waals surface area contributed by atoms with Crippen LogP contribution in [0.1, 0.15) is 54.4 Å². The largest absolute Gasteiger partial charge is 1.00 e. The fraction of sp³-hybridized carbons (Fsp3) is 0.792. The molecule has 12 nitrogen and oxygen atoms in total. The van der Waals surface area contributed by atoms with Crippen LogP contribution in [0.15, 0.2) is 0 Å². The van der Waals surface area contributed by atoms with Gasteiger partial charge in [-0.15, -0.1) is 0 Å². The normalized spacial score (nSPS) is 13.2. The van der Waals surface area contributed by atoms with E-state index in [0.717, 1.165) is 0 Å². The monoisotopic (exact) mass is 628 g/mol. The number of thiol groups is 1. The van der Waals surface area contributed by atoms with E-state index in [1.54, 1.807) is 41.5 Å². The Balaban J connectivity index is 0. The highest BCUT2D eigenvalue weighted by Crippen LogP contribution is 2.13. The third kappa shape index (κ3) is 20.0. The lowest BCUT2D eigenvalue weighted by molar-refractivity contribution is -0.870. The Labute approximate surface area is 242 Å². The van der Waals surface area contributed by atoms with Crippen molar-refractivity contribution in [3.05, 3.63) is 0 Å². The van der Waals surface area contributed by atoms with E-state index in [1.807, 2.05) is 21.1 Å². The van der Waals surface area contributed by atoms with E-state index in [9.17, 15) is 24.0 Å². The first-order valence-electron chi connectivity index (χ1n) is 12.1. The highest BCUT2D eigenvalue weighted by atomic mass is 79.9. The van der Waals surface area contributed by atoms with Gasteiger partial charge < -0.3 is 51.6 Å². The highest BCUT2D eigenvalue weighted by Gasteiger charge is 2.30. The highest BCUT2D eigenvalue weighted by molar-refractivity contribution is 7.80. The zero-order valence-electron chi connectivity index (χ0n) is 23.9. The standard InChI is InChI=1S/C24H44N4O8S.BrH/c1-23(2,3)35-21(32)16(27-22(33)36-24(4,5)6)10-11-18(29)26-17(15-37)20(31)25-14-19(30)34-13-12-28(7,8)9;/h16-17H,10-15H2,1-9H3,(H3-,25,26,27,29,31,33,37);1H. The lowest BCUT2D eigenvalue weighted by Crippen LogP contribution is -3.00. The Morgan fingerprint density at radius 2 is 1.42 bits per heavy atom. The minimum Gasteiger partial charge on any atom is -1.00 e. The molecule has 0 heterocycles. The lowest BCUT2D eigenvalue weighted by atomic mass is 10.1. The SMILES string of the molecule is CC(C)(C)OC(=O)NC(CCC(=O)NC(CS)C(=O)NCC(=O)OCC[N+](C)(C)C)C(=O)OC(C)(C)C.[Br-]. The van der Waals surface area contributed by atoms with Crippen molar-refractivity contribution in [1.29, 1.82) is 0 Å². The van der Waals surface area contributed by atoms with E-state index >= 15 is 0 Å². The molecule has 0 aromatic rings. The molecule has 0 saturated heterocycles. The van der Waals surface area contributed by atoms with Gasteiger partial charge in [0.25, 0.3) is 0 Å². The number of esters is 2. The smallest absolute Gasteiger partial charge is 0.408 e. The average Bonchev–Trinajstić information content (AvgIpc) is 2.69. The Morgan fingerprint density at radius 1 is 0.868 bits per heavy atom. The summed E-state index contributed by atoms with van der Waals surface area (Å²) in [4.78, 5) is 61.5. The number of nitrogens with one attached hydrogen (secondary N) is 3. The van der Waals surface area contributed by atoms with E-state index in [4.69, 9.17) is 14.2 Å². The van der Waals surface area contributed by atoms with Crippen LogP contribution in [-0.2, 0) is 33.4 Å². The molecule has 38 heavy (non-hydrogen) atoms. The van der Waals surface area contributed by atoms with Crippen LogP contribution in [0.5, 0.6) is 0 Å². The number of carbonyl (C=O) groups excluding carboxylic acids is 5. The summed E-state index contributed by atoms with van der Waals surface area (Å²) in [6.45, 7) is 10.5. The molecule has 2 atom stereocenters. The molecule has 0 aliphatic rings. The molecule has 0 aliphatic heterocycles. The number of halogens is 1. The first-order chi connectivity index (χ1) is 16.7. The summed E-state index contributed by atoms with van der Waals surface area (Å²) in [7, 11) is 5.87. The van der Waals surface area contributed by atoms with E-state index in [0.29, 0.717) is 11.0 Å². The zero-order chi connectivity index (χ0) is 29.0. The molecule has 3 N–H and O–H groups in total. The van der Waals surface area contributed by atoms with E-state index in [1.165, 1.54) is 0 Å². The van der Waals surface area contributed by atoms with Crippen LogP contribution < -0.4 is 32.9 Å². The van der Waals surface area contributed by atoms with Gasteiger partial charge in [0.15, 0.2) is 0 Å². The molecule has 0 bridgehead atoms. The molecule has 3 amide bonds. The van der Waals surface area contributed by atoms with Crippen LogP contribution >= 0.6 is 12.6 Å². The Kier molecular flexibility index (Phi) is 16.8. The lowest BCUT2D eigenvalue weighted by Gasteiger charge is -2.26. The molecule has 0 saturated carbocycles. The first kappa shape index (κ1) is 38.1. The van der Waals surface area contributed by atoms with Gasteiger partial charge in [-0.3, -0.25) is 14.4 Å². The molecule has 0 fully saturated rings. The van der Waals surface area contributed by atoms with Gasteiger partial charge in [0.2, 0.25) is 11.8 Å². The van der Waals surface area contributed by atoms with Gasteiger partial charge in [-0.2, -0.15) is 12.6 Å². The minimum absolute atomic E-state index is 0. The number of nitrogens with zero attached hydrogens (tertiary/aromatic N) is 1. The second kappa shape index (κ2) is 16.8. The summed E-state index contributed by atoms with van der Waals surface area (Å²) in [5.74, 6) is -2.51. The number of alkyl carbamates (subject to hydrolysis) is 1. The Morgan fingerprint density at radius 3 is 1.89 bits per heavy atom. The zero-order valence-corrected chi connectivity index (χ0v) is 26.4. The average molecular weight is 630 g/mol. The molecule has 0 aromatic heterocycles. The van der Waals surface area contributed by atoms with Gasteiger partial charge in [-0.1, -0.05) is 0 Å². The van der Waals surface area contributed by atoms with Crippen molar-refractivity contribution in [2.45, 2.75) is 77.7 Å². The predicted molar refractivity (Wildman–Crippen MR) is 141 cm³/mol.